The number of furan rings is 1. The number of nitrogens with one attached hydrogen (secondary N) is 2. The van der Waals surface area contributed by atoms with Crippen LogP contribution in [0.5, 0.6) is 0 Å². The Labute approximate surface area is 144 Å². The molecule has 0 bridgehead atoms. The van der Waals surface area contributed by atoms with Crippen LogP contribution in [-0.2, 0) is 0 Å². The molecule has 0 aliphatic rings. The maximum Gasteiger partial charge on any atom is 0.291 e. The molecule has 6 nitrogen and oxygen atoms in total. The number of nitrogens with zero attached hydrogens (tertiary/aromatic N) is 1. The topological polar surface area (TPSA) is 84.2 Å². The standard InChI is InChI=1S/C19H17N3O3/c1-13(16-5-2-3-11-20-16)21-18(23)14-7-9-15(10-8-14)22-19(24)17-6-4-12-25-17/h2-13H,1H3,(H,21,23)(H,22,24)/t13-/m1/s1. The summed E-state index contributed by atoms with van der Waals surface area (Å²) in [4.78, 5) is 28.4. The van der Waals surface area contributed by atoms with Gasteiger partial charge in [-0.3, -0.25) is 14.6 Å². The Morgan fingerprint density at radius 3 is 2.44 bits per heavy atom. The average Bonchev–Trinajstić information content (AvgIpc) is 3.18. The Kier molecular flexibility index (Phi) is 4.89. The quantitative estimate of drug-likeness (QED) is 0.748. The van der Waals surface area contributed by atoms with Crippen LogP contribution in [0.25, 0.3) is 0 Å². The predicted octanol–water partition coefficient (Wildman–Crippen LogP) is 3.42. The summed E-state index contributed by atoms with van der Waals surface area (Å²) in [5.41, 5.74) is 1.87. The molecule has 1 atom stereocenters. The number of aromatic nitrogens is 1. The molecule has 2 amide bonds. The number of anilines is 1. The van der Waals surface area contributed by atoms with Crippen LogP contribution in [0.2, 0.25) is 0 Å². The third-order valence-corrected chi connectivity index (χ3v) is 3.63. The minimum Gasteiger partial charge on any atom is -0.459 e. The SMILES string of the molecule is C[C@@H](NC(=O)c1ccc(NC(=O)c2ccco2)cc1)c1ccccn1. The summed E-state index contributed by atoms with van der Waals surface area (Å²) in [5.74, 6) is -0.320. The number of hydrogen-bond donors (Lipinski definition) is 2. The van der Waals surface area contributed by atoms with Gasteiger partial charge < -0.3 is 15.1 Å². The zero-order valence-electron chi connectivity index (χ0n) is 13.6. The first-order valence-electron chi connectivity index (χ1n) is 7.80. The predicted molar refractivity (Wildman–Crippen MR) is 93.2 cm³/mol. The van der Waals surface area contributed by atoms with E-state index < -0.39 is 0 Å². The first-order valence-corrected chi connectivity index (χ1v) is 7.80. The molecule has 6 heteroatoms. The molecule has 3 rings (SSSR count). The fourth-order valence-electron chi connectivity index (χ4n) is 2.29. The number of hydrogen-bond acceptors (Lipinski definition) is 4. The molecule has 25 heavy (non-hydrogen) atoms. The summed E-state index contributed by atoms with van der Waals surface area (Å²) in [7, 11) is 0. The van der Waals surface area contributed by atoms with Gasteiger partial charge in [-0.05, 0) is 55.5 Å². The Morgan fingerprint density at radius 2 is 1.80 bits per heavy atom. The number of amides is 2. The van der Waals surface area contributed by atoms with Gasteiger partial charge in [0.15, 0.2) is 5.76 Å². The Hall–Kier alpha value is -3.41. The molecule has 2 aromatic heterocycles. The summed E-state index contributed by atoms with van der Waals surface area (Å²) in [6.07, 6.45) is 3.12. The van der Waals surface area contributed by atoms with Crippen molar-refractivity contribution in [3.63, 3.8) is 0 Å². The maximum atomic E-state index is 12.3. The van der Waals surface area contributed by atoms with E-state index in [9.17, 15) is 9.59 Å². The van der Waals surface area contributed by atoms with Gasteiger partial charge in [-0.15, -0.1) is 0 Å². The van der Waals surface area contributed by atoms with E-state index in [1.807, 2.05) is 25.1 Å². The van der Waals surface area contributed by atoms with Crippen molar-refractivity contribution >= 4 is 17.5 Å². The van der Waals surface area contributed by atoms with Gasteiger partial charge >= 0.3 is 0 Å². The first-order chi connectivity index (χ1) is 12.1. The Morgan fingerprint density at radius 1 is 1.00 bits per heavy atom. The molecule has 2 heterocycles. The average molecular weight is 335 g/mol. The number of carbonyl (C=O) groups is 2. The van der Waals surface area contributed by atoms with Crippen LogP contribution in [0.4, 0.5) is 5.69 Å². The van der Waals surface area contributed by atoms with E-state index >= 15 is 0 Å². The molecule has 3 aromatic rings. The van der Waals surface area contributed by atoms with Crippen LogP contribution < -0.4 is 10.6 Å². The van der Waals surface area contributed by atoms with Gasteiger partial charge in [-0.25, -0.2) is 0 Å². The number of pyridine rings is 1. The maximum absolute atomic E-state index is 12.3. The summed E-state index contributed by atoms with van der Waals surface area (Å²) >= 11 is 0. The summed E-state index contributed by atoms with van der Waals surface area (Å²) < 4.78 is 5.03. The third kappa shape index (κ3) is 4.11. The van der Waals surface area contributed by atoms with Crippen LogP contribution in [0.15, 0.2) is 71.5 Å². The normalized spacial score (nSPS) is 11.6. The van der Waals surface area contributed by atoms with Gasteiger partial charge in [0, 0.05) is 17.4 Å². The van der Waals surface area contributed by atoms with E-state index in [0.717, 1.165) is 5.69 Å². The van der Waals surface area contributed by atoms with E-state index in [2.05, 4.69) is 15.6 Å². The molecule has 0 fully saturated rings. The van der Waals surface area contributed by atoms with Crippen molar-refractivity contribution in [2.45, 2.75) is 13.0 Å². The summed E-state index contributed by atoms with van der Waals surface area (Å²) in [6, 6.07) is 15.2. The molecule has 2 N–H and O–H groups in total. The molecule has 0 radical (unpaired) electrons. The molecular weight excluding hydrogens is 318 g/mol. The molecule has 0 aliphatic heterocycles. The van der Waals surface area contributed by atoms with Gasteiger partial charge in [-0.1, -0.05) is 6.07 Å². The van der Waals surface area contributed by atoms with Gasteiger partial charge in [0.05, 0.1) is 18.0 Å². The second kappa shape index (κ2) is 7.44. The highest BCUT2D eigenvalue weighted by atomic mass is 16.3. The molecule has 0 unspecified atom stereocenters. The highest BCUT2D eigenvalue weighted by molar-refractivity contribution is 6.02. The van der Waals surface area contributed by atoms with Crippen LogP contribution in [0.3, 0.4) is 0 Å². The smallest absolute Gasteiger partial charge is 0.291 e. The number of rotatable bonds is 5. The molecule has 0 saturated heterocycles. The molecule has 1 aromatic carbocycles. The largest absolute Gasteiger partial charge is 0.459 e. The van der Waals surface area contributed by atoms with E-state index in [-0.39, 0.29) is 23.6 Å². The van der Waals surface area contributed by atoms with E-state index in [1.54, 1.807) is 42.6 Å². The van der Waals surface area contributed by atoms with Gasteiger partial charge in [0.1, 0.15) is 0 Å². The van der Waals surface area contributed by atoms with Gasteiger partial charge in [0.2, 0.25) is 0 Å². The van der Waals surface area contributed by atoms with Crippen LogP contribution in [0.1, 0.15) is 39.6 Å². The lowest BCUT2D eigenvalue weighted by atomic mass is 10.1. The lowest BCUT2D eigenvalue weighted by Crippen LogP contribution is -2.27. The molecule has 0 spiro atoms. The third-order valence-electron chi connectivity index (χ3n) is 3.63. The van der Waals surface area contributed by atoms with Crippen molar-refractivity contribution in [1.29, 1.82) is 0 Å². The zero-order chi connectivity index (χ0) is 17.6. The summed E-state index contributed by atoms with van der Waals surface area (Å²) in [6.45, 7) is 1.87. The fraction of sp³-hybridized carbons (Fsp3) is 0.105. The number of carbonyl (C=O) groups excluding carboxylic acids is 2. The minimum absolute atomic E-state index is 0.202. The lowest BCUT2D eigenvalue weighted by molar-refractivity contribution is 0.0938. The lowest BCUT2D eigenvalue weighted by Gasteiger charge is -2.13. The highest BCUT2D eigenvalue weighted by Gasteiger charge is 2.13. The van der Waals surface area contributed by atoms with Crippen molar-refractivity contribution in [3.8, 4) is 0 Å². The van der Waals surface area contributed by atoms with Crippen molar-refractivity contribution in [2.24, 2.45) is 0 Å². The van der Waals surface area contributed by atoms with E-state index in [1.165, 1.54) is 6.26 Å². The molecular formula is C19H17N3O3. The van der Waals surface area contributed by atoms with Crippen molar-refractivity contribution in [1.82, 2.24) is 10.3 Å². The summed E-state index contributed by atoms with van der Waals surface area (Å²) in [5, 5.41) is 5.59. The molecule has 0 aliphatic carbocycles. The monoisotopic (exact) mass is 335 g/mol. The molecule has 126 valence electrons. The van der Waals surface area contributed by atoms with Gasteiger partial charge in [-0.2, -0.15) is 0 Å². The number of benzene rings is 1. The van der Waals surface area contributed by atoms with Gasteiger partial charge in [0.25, 0.3) is 11.8 Å². The van der Waals surface area contributed by atoms with Crippen molar-refractivity contribution < 1.29 is 14.0 Å². The second-order valence-corrected chi connectivity index (χ2v) is 5.46. The minimum atomic E-state index is -0.342. The second-order valence-electron chi connectivity index (χ2n) is 5.46. The first kappa shape index (κ1) is 16.4. The molecule has 0 saturated carbocycles. The fourth-order valence-corrected chi connectivity index (χ4v) is 2.29. The van der Waals surface area contributed by atoms with Crippen LogP contribution in [-0.4, -0.2) is 16.8 Å². The van der Waals surface area contributed by atoms with E-state index in [0.29, 0.717) is 11.3 Å². The Balaban J connectivity index is 1.61. The van der Waals surface area contributed by atoms with Crippen LogP contribution >= 0.6 is 0 Å². The highest BCUT2D eigenvalue weighted by Crippen LogP contribution is 2.14. The van der Waals surface area contributed by atoms with Crippen molar-refractivity contribution in [3.05, 3.63) is 84.1 Å². The van der Waals surface area contributed by atoms with Crippen LogP contribution in [0, 0.1) is 0 Å². The Bertz CT molecular complexity index is 843. The zero-order valence-corrected chi connectivity index (χ0v) is 13.6. The van der Waals surface area contributed by atoms with Crippen molar-refractivity contribution in [2.75, 3.05) is 5.32 Å². The van der Waals surface area contributed by atoms with E-state index in [4.69, 9.17) is 4.42 Å².